The summed E-state index contributed by atoms with van der Waals surface area (Å²) in [6.07, 6.45) is 0. The van der Waals surface area contributed by atoms with Crippen LogP contribution in [0.3, 0.4) is 0 Å². The van der Waals surface area contributed by atoms with Gasteiger partial charge in [0.2, 0.25) is 0 Å². The lowest BCUT2D eigenvalue weighted by Gasteiger charge is -2.34. The molecular weight excluding hydrogens is 340 g/mol. The molecule has 0 saturated carbocycles. The lowest BCUT2D eigenvalue weighted by molar-refractivity contribution is 0.0671. The lowest BCUT2D eigenvalue weighted by Crippen LogP contribution is -2.51. The van der Waals surface area contributed by atoms with E-state index in [9.17, 15) is 18.4 Å². The lowest BCUT2D eigenvalue weighted by atomic mass is 10.1. The molecule has 3 amide bonds. The second kappa shape index (κ2) is 7.51. The molecule has 26 heavy (non-hydrogen) atoms. The van der Waals surface area contributed by atoms with Crippen molar-refractivity contribution in [2.24, 2.45) is 0 Å². The summed E-state index contributed by atoms with van der Waals surface area (Å²) >= 11 is 0. The van der Waals surface area contributed by atoms with Crippen molar-refractivity contribution < 1.29 is 18.4 Å². The standard InChI is InChI=1S/C19H19F2N3O2/c1-13-5-6-14(11-17(13)21)18(25)23-7-9-24(10-8-23)19(26)22-16-4-2-3-15(20)12-16/h2-6,11-12H,7-10H2,1H3,(H,22,26). The van der Waals surface area contributed by atoms with E-state index in [1.165, 1.54) is 24.3 Å². The zero-order valence-electron chi connectivity index (χ0n) is 14.3. The topological polar surface area (TPSA) is 52.7 Å². The number of aryl methyl sites for hydroxylation is 1. The molecule has 7 heteroatoms. The molecule has 0 aromatic heterocycles. The normalized spacial score (nSPS) is 14.3. The minimum Gasteiger partial charge on any atom is -0.335 e. The molecule has 1 saturated heterocycles. The van der Waals surface area contributed by atoms with E-state index in [-0.39, 0.29) is 11.9 Å². The van der Waals surface area contributed by atoms with Gasteiger partial charge in [-0.05, 0) is 42.8 Å². The van der Waals surface area contributed by atoms with Gasteiger partial charge in [-0.15, -0.1) is 0 Å². The van der Waals surface area contributed by atoms with Crippen LogP contribution in [0.4, 0.5) is 19.3 Å². The largest absolute Gasteiger partial charge is 0.335 e. The van der Waals surface area contributed by atoms with Gasteiger partial charge >= 0.3 is 6.03 Å². The summed E-state index contributed by atoms with van der Waals surface area (Å²) in [5.41, 5.74) is 1.16. The summed E-state index contributed by atoms with van der Waals surface area (Å²) in [6, 6.07) is 9.73. The highest BCUT2D eigenvalue weighted by molar-refractivity contribution is 5.94. The van der Waals surface area contributed by atoms with E-state index in [0.717, 1.165) is 0 Å². The Hall–Kier alpha value is -2.96. The highest BCUT2D eigenvalue weighted by Crippen LogP contribution is 2.15. The molecule has 0 unspecified atom stereocenters. The summed E-state index contributed by atoms with van der Waals surface area (Å²) in [4.78, 5) is 27.9. The molecule has 0 spiro atoms. The van der Waals surface area contributed by atoms with Crippen molar-refractivity contribution in [2.45, 2.75) is 6.92 Å². The molecule has 2 aromatic rings. The van der Waals surface area contributed by atoms with Crippen LogP contribution in [0.15, 0.2) is 42.5 Å². The third kappa shape index (κ3) is 3.99. The van der Waals surface area contributed by atoms with Gasteiger partial charge in [-0.1, -0.05) is 12.1 Å². The van der Waals surface area contributed by atoms with E-state index in [0.29, 0.717) is 43.0 Å². The monoisotopic (exact) mass is 359 g/mol. The van der Waals surface area contributed by atoms with Crippen molar-refractivity contribution in [3.05, 3.63) is 65.2 Å². The molecule has 1 N–H and O–H groups in total. The smallest absolute Gasteiger partial charge is 0.321 e. The number of urea groups is 1. The SMILES string of the molecule is Cc1ccc(C(=O)N2CCN(C(=O)Nc3cccc(F)c3)CC2)cc1F. The molecule has 0 aliphatic carbocycles. The third-order valence-electron chi connectivity index (χ3n) is 4.35. The fraction of sp³-hybridized carbons (Fsp3) is 0.263. The maximum absolute atomic E-state index is 13.7. The number of carbonyl (C=O) groups is 2. The molecule has 2 aromatic carbocycles. The number of hydrogen-bond acceptors (Lipinski definition) is 2. The van der Waals surface area contributed by atoms with E-state index < -0.39 is 11.6 Å². The van der Waals surface area contributed by atoms with Gasteiger partial charge in [0.15, 0.2) is 0 Å². The van der Waals surface area contributed by atoms with Crippen molar-refractivity contribution in [1.82, 2.24) is 9.80 Å². The molecule has 0 radical (unpaired) electrons. The van der Waals surface area contributed by atoms with Crippen LogP contribution in [0.1, 0.15) is 15.9 Å². The average molecular weight is 359 g/mol. The number of benzene rings is 2. The Morgan fingerprint density at radius 2 is 1.65 bits per heavy atom. The summed E-state index contributed by atoms with van der Waals surface area (Å²) in [6.45, 7) is 3.04. The van der Waals surface area contributed by atoms with Crippen molar-refractivity contribution in [3.63, 3.8) is 0 Å². The van der Waals surface area contributed by atoms with Crippen molar-refractivity contribution in [1.29, 1.82) is 0 Å². The minimum atomic E-state index is -0.427. The summed E-state index contributed by atoms with van der Waals surface area (Å²) in [5, 5.41) is 2.64. The van der Waals surface area contributed by atoms with Gasteiger partial charge in [-0.3, -0.25) is 4.79 Å². The van der Waals surface area contributed by atoms with E-state index in [4.69, 9.17) is 0 Å². The number of nitrogens with one attached hydrogen (secondary N) is 1. The van der Waals surface area contributed by atoms with E-state index >= 15 is 0 Å². The second-order valence-electron chi connectivity index (χ2n) is 6.18. The number of rotatable bonds is 2. The van der Waals surface area contributed by atoms with E-state index in [1.54, 1.807) is 34.9 Å². The van der Waals surface area contributed by atoms with Gasteiger partial charge < -0.3 is 15.1 Å². The van der Waals surface area contributed by atoms with Crippen molar-refractivity contribution in [3.8, 4) is 0 Å². The van der Waals surface area contributed by atoms with Crippen molar-refractivity contribution >= 4 is 17.6 Å². The number of piperazine rings is 1. The molecule has 1 aliphatic rings. The van der Waals surface area contributed by atoms with E-state index in [2.05, 4.69) is 5.32 Å². The maximum atomic E-state index is 13.7. The Kier molecular flexibility index (Phi) is 5.16. The number of carbonyl (C=O) groups excluding carboxylic acids is 2. The summed E-state index contributed by atoms with van der Waals surface area (Å²) in [7, 11) is 0. The first kappa shape index (κ1) is 17.8. The molecule has 3 rings (SSSR count). The van der Waals surface area contributed by atoms with Gasteiger partial charge in [0.1, 0.15) is 11.6 Å². The zero-order chi connectivity index (χ0) is 18.7. The second-order valence-corrected chi connectivity index (χ2v) is 6.18. The van der Waals surface area contributed by atoms with Crippen LogP contribution in [0.25, 0.3) is 0 Å². The van der Waals surface area contributed by atoms with Crippen LogP contribution in [-0.2, 0) is 0 Å². The van der Waals surface area contributed by atoms with Crippen LogP contribution in [-0.4, -0.2) is 47.9 Å². The summed E-state index contributed by atoms with van der Waals surface area (Å²) < 4.78 is 26.8. The highest BCUT2D eigenvalue weighted by atomic mass is 19.1. The summed E-state index contributed by atoms with van der Waals surface area (Å²) in [5.74, 6) is -1.10. The van der Waals surface area contributed by atoms with Crippen molar-refractivity contribution in [2.75, 3.05) is 31.5 Å². The van der Waals surface area contributed by atoms with Gasteiger partial charge in [0.05, 0.1) is 0 Å². The third-order valence-corrected chi connectivity index (χ3v) is 4.35. The zero-order valence-corrected chi connectivity index (χ0v) is 14.3. The highest BCUT2D eigenvalue weighted by Gasteiger charge is 2.25. The molecule has 0 bridgehead atoms. The van der Waals surface area contributed by atoms with Crippen LogP contribution in [0.2, 0.25) is 0 Å². The first-order valence-electron chi connectivity index (χ1n) is 8.31. The quantitative estimate of drug-likeness (QED) is 0.895. The van der Waals surface area contributed by atoms with Gasteiger partial charge in [0, 0.05) is 37.4 Å². The van der Waals surface area contributed by atoms with Crippen LogP contribution in [0, 0.1) is 18.6 Å². The average Bonchev–Trinajstić information content (AvgIpc) is 2.63. The van der Waals surface area contributed by atoms with Gasteiger partial charge in [-0.25, -0.2) is 13.6 Å². The Labute approximate surface area is 150 Å². The number of halogens is 2. The van der Waals surface area contributed by atoms with Crippen LogP contribution < -0.4 is 5.32 Å². The molecular formula is C19H19F2N3O2. The molecule has 1 fully saturated rings. The molecule has 5 nitrogen and oxygen atoms in total. The Balaban J connectivity index is 1.57. The minimum absolute atomic E-state index is 0.255. The Morgan fingerprint density at radius 1 is 0.962 bits per heavy atom. The first-order chi connectivity index (χ1) is 12.4. The first-order valence-corrected chi connectivity index (χ1v) is 8.31. The Bertz CT molecular complexity index is 833. The van der Waals surface area contributed by atoms with Crippen LogP contribution >= 0.6 is 0 Å². The predicted octanol–water partition coefficient (Wildman–Crippen LogP) is 3.26. The predicted molar refractivity (Wildman–Crippen MR) is 94.0 cm³/mol. The maximum Gasteiger partial charge on any atom is 0.321 e. The number of hydrogen-bond donors (Lipinski definition) is 1. The number of anilines is 1. The van der Waals surface area contributed by atoms with Gasteiger partial charge in [0.25, 0.3) is 5.91 Å². The molecule has 0 atom stereocenters. The van der Waals surface area contributed by atoms with E-state index in [1.807, 2.05) is 0 Å². The molecule has 1 aliphatic heterocycles. The van der Waals surface area contributed by atoms with Crippen LogP contribution in [0.5, 0.6) is 0 Å². The Morgan fingerprint density at radius 3 is 2.31 bits per heavy atom. The number of amides is 3. The fourth-order valence-electron chi connectivity index (χ4n) is 2.79. The number of nitrogens with zero attached hydrogens (tertiary/aromatic N) is 2. The fourth-order valence-corrected chi connectivity index (χ4v) is 2.79. The molecule has 1 heterocycles. The van der Waals surface area contributed by atoms with Gasteiger partial charge in [-0.2, -0.15) is 0 Å². The molecule has 136 valence electrons.